The van der Waals surface area contributed by atoms with Crippen LogP contribution in [0.5, 0.6) is 0 Å². The molecule has 0 spiro atoms. The second-order valence-electron chi connectivity index (χ2n) is 9.89. The predicted octanol–water partition coefficient (Wildman–Crippen LogP) is 6.94. The fourth-order valence-corrected chi connectivity index (χ4v) is 6.57. The van der Waals surface area contributed by atoms with Crippen molar-refractivity contribution in [3.8, 4) is 0 Å². The molecule has 14 heteroatoms. The predicted molar refractivity (Wildman–Crippen MR) is 181 cm³/mol. The van der Waals surface area contributed by atoms with Crippen LogP contribution in [0, 0.1) is 10.1 Å². The quantitative estimate of drug-likeness (QED) is 0.0731. The molecule has 5 rings (SSSR count). The second kappa shape index (κ2) is 15.6. The minimum atomic E-state index is -0.648. The first-order chi connectivity index (χ1) is 22.8. The third kappa shape index (κ3) is 8.99. The van der Waals surface area contributed by atoms with Crippen LogP contribution in [-0.2, 0) is 9.53 Å². The maximum atomic E-state index is 12.6. The molecule has 238 valence electrons. The van der Waals surface area contributed by atoms with Gasteiger partial charge in [-0.05, 0) is 48.9 Å². The number of alkyl carbamates (subject to hydrolysis) is 1. The van der Waals surface area contributed by atoms with Crippen molar-refractivity contribution < 1.29 is 24.0 Å². The fraction of sp³-hybridized carbons (Fsp3) is 0.121. The van der Waals surface area contributed by atoms with Crippen LogP contribution in [0.1, 0.15) is 40.9 Å². The molecular weight excluding hydrogens is 641 g/mol. The van der Waals surface area contributed by atoms with Gasteiger partial charge >= 0.3 is 6.09 Å². The molecule has 0 unspecified atom stereocenters. The molecule has 3 amide bonds. The zero-order valence-electron chi connectivity index (χ0n) is 24.9. The number of hydrazone groups is 1. The van der Waals surface area contributed by atoms with E-state index in [9.17, 15) is 24.5 Å². The summed E-state index contributed by atoms with van der Waals surface area (Å²) in [6, 6.07) is 27.2. The van der Waals surface area contributed by atoms with Gasteiger partial charge in [-0.3, -0.25) is 19.7 Å². The largest absolute Gasteiger partial charge is 0.450 e. The molecule has 1 heterocycles. The minimum Gasteiger partial charge on any atom is -0.450 e. The van der Waals surface area contributed by atoms with E-state index < -0.39 is 23.0 Å². The van der Waals surface area contributed by atoms with E-state index in [0.29, 0.717) is 37.1 Å². The standard InChI is InChI=1S/C33H28N6O6S2/c1-2-45-32(42)36-26(22-9-5-3-6-10-22)19-30(40)38-34-20-21-13-16-28(27(17-21)39(43)44)46-33-37-25-15-14-24(18-29(25)47-33)35-31(41)23-11-7-4-8-12-23/h3-18,20,26H,2,19H2,1H3,(H,35,41)(H,36,42)(H,38,40)/b34-20-/t26-/m1/s1. The second-order valence-corrected chi connectivity index (χ2v) is 12.2. The maximum absolute atomic E-state index is 12.6. The van der Waals surface area contributed by atoms with Gasteiger partial charge in [-0.1, -0.05) is 66.4 Å². The van der Waals surface area contributed by atoms with E-state index in [1.54, 1.807) is 79.7 Å². The van der Waals surface area contributed by atoms with Crippen LogP contribution in [0.4, 0.5) is 16.2 Å². The van der Waals surface area contributed by atoms with Gasteiger partial charge in [0.2, 0.25) is 5.91 Å². The summed E-state index contributed by atoms with van der Waals surface area (Å²) >= 11 is 2.50. The van der Waals surface area contributed by atoms with Crippen molar-refractivity contribution in [2.75, 3.05) is 11.9 Å². The molecule has 3 N–H and O–H groups in total. The van der Waals surface area contributed by atoms with Gasteiger partial charge in [0.15, 0.2) is 4.34 Å². The lowest BCUT2D eigenvalue weighted by Crippen LogP contribution is -2.33. The van der Waals surface area contributed by atoms with Crippen molar-refractivity contribution in [3.05, 3.63) is 124 Å². The summed E-state index contributed by atoms with van der Waals surface area (Å²) in [5.41, 5.74) is 5.22. The number of nitro groups is 1. The summed E-state index contributed by atoms with van der Waals surface area (Å²) in [4.78, 5) is 53.6. The summed E-state index contributed by atoms with van der Waals surface area (Å²) in [5, 5.41) is 21.5. The van der Waals surface area contributed by atoms with Crippen LogP contribution in [-0.4, -0.2) is 40.6 Å². The van der Waals surface area contributed by atoms with Gasteiger partial charge in [-0.15, -0.1) is 11.3 Å². The van der Waals surface area contributed by atoms with Gasteiger partial charge in [0.1, 0.15) is 0 Å². The number of nitrogens with one attached hydrogen (secondary N) is 3. The molecule has 1 aromatic heterocycles. The summed E-state index contributed by atoms with van der Waals surface area (Å²) in [6.45, 7) is 1.87. The number of nitrogens with zero attached hydrogens (tertiary/aromatic N) is 3. The van der Waals surface area contributed by atoms with Gasteiger partial charge < -0.3 is 15.4 Å². The highest BCUT2D eigenvalue weighted by atomic mass is 32.2. The third-order valence-corrected chi connectivity index (χ3v) is 8.75. The number of anilines is 1. The Morgan fingerprint density at radius 1 is 1.02 bits per heavy atom. The number of carbonyl (C=O) groups excluding carboxylic acids is 3. The Hall–Kier alpha value is -5.60. The number of aromatic nitrogens is 1. The molecule has 0 aliphatic carbocycles. The highest BCUT2D eigenvalue weighted by Crippen LogP contribution is 2.39. The molecule has 47 heavy (non-hydrogen) atoms. The molecule has 0 saturated heterocycles. The molecule has 5 aromatic rings. The first-order valence-corrected chi connectivity index (χ1v) is 16.0. The van der Waals surface area contributed by atoms with Crippen LogP contribution in [0.2, 0.25) is 0 Å². The van der Waals surface area contributed by atoms with Crippen LogP contribution < -0.4 is 16.1 Å². The van der Waals surface area contributed by atoms with E-state index in [1.165, 1.54) is 23.6 Å². The minimum absolute atomic E-state index is 0.112. The lowest BCUT2D eigenvalue weighted by atomic mass is 10.0. The van der Waals surface area contributed by atoms with Gasteiger partial charge in [-0.2, -0.15) is 5.10 Å². The number of benzene rings is 4. The Labute approximate surface area is 277 Å². The lowest BCUT2D eigenvalue weighted by molar-refractivity contribution is -0.387. The van der Waals surface area contributed by atoms with Crippen molar-refractivity contribution in [1.29, 1.82) is 0 Å². The molecule has 0 fully saturated rings. The molecule has 0 saturated carbocycles. The Balaban J connectivity index is 1.23. The summed E-state index contributed by atoms with van der Waals surface area (Å²) in [5.74, 6) is -0.711. The number of rotatable bonds is 12. The molecule has 0 radical (unpaired) electrons. The smallest absolute Gasteiger partial charge is 0.407 e. The zero-order chi connectivity index (χ0) is 33.2. The van der Waals surface area contributed by atoms with Gasteiger partial charge in [-0.25, -0.2) is 15.2 Å². The Morgan fingerprint density at radius 3 is 2.49 bits per heavy atom. The summed E-state index contributed by atoms with van der Waals surface area (Å²) < 4.78 is 6.36. The summed E-state index contributed by atoms with van der Waals surface area (Å²) in [7, 11) is 0. The van der Waals surface area contributed by atoms with Crippen molar-refractivity contribution in [1.82, 2.24) is 15.7 Å². The van der Waals surface area contributed by atoms with Crippen LogP contribution >= 0.6 is 23.1 Å². The van der Waals surface area contributed by atoms with Crippen LogP contribution in [0.3, 0.4) is 0 Å². The van der Waals surface area contributed by atoms with E-state index in [1.807, 2.05) is 18.2 Å². The van der Waals surface area contributed by atoms with Crippen molar-refractivity contribution >= 4 is 68.8 Å². The number of hydrogen-bond acceptors (Lipinski definition) is 10. The van der Waals surface area contributed by atoms with E-state index in [2.05, 4.69) is 26.1 Å². The molecule has 4 aromatic carbocycles. The number of nitro benzene ring substituents is 1. The first kappa shape index (κ1) is 32.8. The molecule has 0 aliphatic heterocycles. The molecule has 0 bridgehead atoms. The van der Waals surface area contributed by atoms with Crippen molar-refractivity contribution in [3.63, 3.8) is 0 Å². The number of hydrogen-bond donors (Lipinski definition) is 3. The zero-order valence-corrected chi connectivity index (χ0v) is 26.5. The normalized spacial score (nSPS) is 11.6. The highest BCUT2D eigenvalue weighted by Gasteiger charge is 2.20. The monoisotopic (exact) mass is 668 g/mol. The Morgan fingerprint density at radius 2 is 1.77 bits per heavy atom. The molecule has 0 aliphatic rings. The van der Waals surface area contributed by atoms with E-state index in [4.69, 9.17) is 4.74 Å². The molecule has 1 atom stereocenters. The van der Waals surface area contributed by atoms with E-state index in [0.717, 1.165) is 16.5 Å². The van der Waals surface area contributed by atoms with E-state index >= 15 is 0 Å². The van der Waals surface area contributed by atoms with E-state index in [-0.39, 0.29) is 24.6 Å². The SMILES string of the molecule is CCOC(=O)N[C@H](CC(=O)N/N=C\c1ccc(Sc2nc3ccc(NC(=O)c4ccccc4)cc3s2)c([N+](=O)[O-])c1)c1ccccc1. The lowest BCUT2D eigenvalue weighted by Gasteiger charge is -2.18. The van der Waals surface area contributed by atoms with Crippen LogP contribution in [0.25, 0.3) is 10.2 Å². The average molecular weight is 669 g/mol. The Bertz CT molecular complexity index is 1930. The number of carbonyl (C=O) groups is 3. The average Bonchev–Trinajstić information content (AvgIpc) is 3.47. The Kier molecular flexibility index (Phi) is 10.9. The summed E-state index contributed by atoms with van der Waals surface area (Å²) in [6.07, 6.45) is 0.545. The van der Waals surface area contributed by atoms with Gasteiger partial charge in [0, 0.05) is 22.9 Å². The fourth-order valence-electron chi connectivity index (χ4n) is 4.42. The first-order valence-electron chi connectivity index (χ1n) is 14.3. The molecule has 12 nitrogen and oxygen atoms in total. The van der Waals surface area contributed by atoms with Gasteiger partial charge in [0.25, 0.3) is 11.6 Å². The highest BCUT2D eigenvalue weighted by molar-refractivity contribution is 8.01. The van der Waals surface area contributed by atoms with Crippen molar-refractivity contribution in [2.24, 2.45) is 5.10 Å². The van der Waals surface area contributed by atoms with Crippen molar-refractivity contribution in [2.45, 2.75) is 28.6 Å². The number of amides is 3. The number of thiazole rings is 1. The maximum Gasteiger partial charge on any atom is 0.407 e. The van der Waals surface area contributed by atoms with Gasteiger partial charge in [0.05, 0.1) is 45.3 Å². The van der Waals surface area contributed by atoms with Crippen LogP contribution in [0.15, 0.2) is 111 Å². The third-order valence-electron chi connectivity index (χ3n) is 6.60. The molecular formula is C33H28N6O6S2. The number of ether oxygens (including phenoxy) is 1. The topological polar surface area (TPSA) is 165 Å². The number of fused-ring (bicyclic) bond motifs is 1.